The van der Waals surface area contributed by atoms with Crippen molar-refractivity contribution in [3.8, 4) is 0 Å². The number of aryl methyl sites for hydroxylation is 2. The van der Waals surface area contributed by atoms with Crippen molar-refractivity contribution in [2.24, 2.45) is 0 Å². The molecular formula is C15H20N4O. The monoisotopic (exact) mass is 272 g/mol. The van der Waals surface area contributed by atoms with Gasteiger partial charge in [0.2, 0.25) is 5.91 Å². The van der Waals surface area contributed by atoms with Crippen molar-refractivity contribution < 1.29 is 4.79 Å². The van der Waals surface area contributed by atoms with Gasteiger partial charge in [0.05, 0.1) is 0 Å². The summed E-state index contributed by atoms with van der Waals surface area (Å²) in [5, 5.41) is 9.78. The molecule has 0 bridgehead atoms. The largest absolute Gasteiger partial charge is 0.399 e. The summed E-state index contributed by atoms with van der Waals surface area (Å²) in [5.41, 5.74) is 8.50. The second-order valence-electron chi connectivity index (χ2n) is 4.82. The fourth-order valence-corrected chi connectivity index (χ4v) is 1.97. The highest BCUT2D eigenvalue weighted by atomic mass is 16.1. The number of hydrogen-bond donors (Lipinski definition) is 3. The molecule has 0 spiro atoms. The maximum atomic E-state index is 11.8. The molecule has 0 saturated carbocycles. The van der Waals surface area contributed by atoms with Gasteiger partial charge in [0, 0.05) is 23.9 Å². The van der Waals surface area contributed by atoms with Gasteiger partial charge < -0.3 is 11.1 Å². The summed E-state index contributed by atoms with van der Waals surface area (Å²) in [6.45, 7) is 2.10. The normalized spacial score (nSPS) is 10.4. The second kappa shape index (κ2) is 6.75. The first kappa shape index (κ1) is 14.1. The van der Waals surface area contributed by atoms with Crippen molar-refractivity contribution >= 4 is 17.4 Å². The van der Waals surface area contributed by atoms with E-state index in [-0.39, 0.29) is 5.91 Å². The second-order valence-corrected chi connectivity index (χ2v) is 4.82. The number of carbonyl (C=O) groups is 1. The number of aromatic nitrogens is 2. The lowest BCUT2D eigenvalue weighted by molar-refractivity contribution is -0.116. The van der Waals surface area contributed by atoms with E-state index in [0.717, 1.165) is 29.8 Å². The summed E-state index contributed by atoms with van der Waals surface area (Å²) in [4.78, 5) is 11.8. The van der Waals surface area contributed by atoms with Gasteiger partial charge in [-0.15, -0.1) is 0 Å². The Labute approximate surface area is 118 Å². The van der Waals surface area contributed by atoms with Crippen LogP contribution in [0, 0.1) is 0 Å². The van der Waals surface area contributed by atoms with Crippen LogP contribution in [0.1, 0.15) is 31.0 Å². The van der Waals surface area contributed by atoms with E-state index in [9.17, 15) is 4.79 Å². The Morgan fingerprint density at radius 2 is 2.05 bits per heavy atom. The van der Waals surface area contributed by atoms with E-state index in [1.165, 1.54) is 0 Å². The molecule has 1 amide bonds. The third-order valence-electron chi connectivity index (χ3n) is 3.04. The molecule has 20 heavy (non-hydrogen) atoms. The van der Waals surface area contributed by atoms with Crippen LogP contribution in [0.5, 0.6) is 0 Å². The van der Waals surface area contributed by atoms with Crippen LogP contribution in [-0.4, -0.2) is 16.1 Å². The van der Waals surface area contributed by atoms with Crippen LogP contribution >= 0.6 is 0 Å². The van der Waals surface area contributed by atoms with Gasteiger partial charge in [-0.3, -0.25) is 9.89 Å². The molecule has 2 rings (SSSR count). The Morgan fingerprint density at radius 3 is 2.75 bits per heavy atom. The fraction of sp³-hybridized carbons (Fsp3) is 0.333. The van der Waals surface area contributed by atoms with Gasteiger partial charge in [-0.25, -0.2) is 0 Å². The number of benzene rings is 1. The van der Waals surface area contributed by atoms with E-state index < -0.39 is 0 Å². The standard InChI is InChI=1S/C15H20N4O/c1-2-3-13-10-14(19-18-13)17-15(20)9-6-11-4-7-12(16)8-5-11/h4-5,7-8,10H,2-3,6,9,16H2,1H3,(H2,17,18,19,20). The topological polar surface area (TPSA) is 83.8 Å². The van der Waals surface area contributed by atoms with Gasteiger partial charge in [0.25, 0.3) is 0 Å². The minimum atomic E-state index is -0.0311. The van der Waals surface area contributed by atoms with E-state index in [2.05, 4.69) is 22.4 Å². The zero-order valence-corrected chi connectivity index (χ0v) is 11.6. The summed E-state index contributed by atoms with van der Waals surface area (Å²) in [7, 11) is 0. The Bertz CT molecular complexity index is 560. The van der Waals surface area contributed by atoms with Gasteiger partial charge in [-0.05, 0) is 30.5 Å². The lowest BCUT2D eigenvalue weighted by atomic mass is 10.1. The number of nitrogens with zero attached hydrogens (tertiary/aromatic N) is 1. The molecule has 0 aliphatic rings. The molecular weight excluding hydrogens is 252 g/mol. The lowest BCUT2D eigenvalue weighted by Crippen LogP contribution is -2.12. The molecule has 5 heteroatoms. The Hall–Kier alpha value is -2.30. The van der Waals surface area contributed by atoms with Gasteiger partial charge in [0.15, 0.2) is 5.82 Å². The molecule has 0 aliphatic heterocycles. The van der Waals surface area contributed by atoms with Crippen LogP contribution in [-0.2, 0) is 17.6 Å². The Balaban J connectivity index is 1.81. The first-order valence-corrected chi connectivity index (χ1v) is 6.86. The van der Waals surface area contributed by atoms with Gasteiger partial charge in [-0.1, -0.05) is 25.5 Å². The molecule has 106 valence electrons. The first-order valence-electron chi connectivity index (χ1n) is 6.86. The van der Waals surface area contributed by atoms with Crippen LogP contribution in [0.2, 0.25) is 0 Å². The number of H-pyrrole nitrogens is 1. The van der Waals surface area contributed by atoms with Crippen molar-refractivity contribution in [2.45, 2.75) is 32.6 Å². The molecule has 1 heterocycles. The first-order chi connectivity index (χ1) is 9.67. The number of nitrogens with two attached hydrogens (primary N) is 1. The summed E-state index contributed by atoms with van der Waals surface area (Å²) < 4.78 is 0. The van der Waals surface area contributed by atoms with E-state index in [1.54, 1.807) is 0 Å². The highest BCUT2D eigenvalue weighted by Crippen LogP contribution is 2.10. The number of anilines is 2. The highest BCUT2D eigenvalue weighted by molar-refractivity contribution is 5.89. The predicted molar refractivity (Wildman–Crippen MR) is 80.4 cm³/mol. The van der Waals surface area contributed by atoms with Gasteiger partial charge in [0.1, 0.15) is 0 Å². The quantitative estimate of drug-likeness (QED) is 0.706. The number of carbonyl (C=O) groups excluding carboxylic acids is 1. The molecule has 0 radical (unpaired) electrons. The van der Waals surface area contributed by atoms with Crippen molar-refractivity contribution in [3.05, 3.63) is 41.6 Å². The summed E-state index contributed by atoms with van der Waals surface area (Å²) in [5.74, 6) is 0.562. The molecule has 0 aliphatic carbocycles. The highest BCUT2D eigenvalue weighted by Gasteiger charge is 2.06. The van der Waals surface area contributed by atoms with E-state index in [4.69, 9.17) is 5.73 Å². The molecule has 2 aromatic rings. The molecule has 0 saturated heterocycles. The number of aromatic amines is 1. The summed E-state index contributed by atoms with van der Waals surface area (Å²) in [6, 6.07) is 9.45. The molecule has 1 aromatic heterocycles. The zero-order chi connectivity index (χ0) is 14.4. The predicted octanol–water partition coefficient (Wildman–Crippen LogP) is 2.52. The minimum absolute atomic E-state index is 0.0311. The third kappa shape index (κ3) is 4.12. The molecule has 1 aromatic carbocycles. The van der Waals surface area contributed by atoms with Crippen molar-refractivity contribution in [2.75, 3.05) is 11.1 Å². The van der Waals surface area contributed by atoms with Crippen molar-refractivity contribution in [1.29, 1.82) is 0 Å². The maximum Gasteiger partial charge on any atom is 0.225 e. The number of rotatable bonds is 6. The SMILES string of the molecule is CCCc1cc(NC(=O)CCc2ccc(N)cc2)n[nH]1. The number of nitrogen functional groups attached to an aromatic ring is 1. The van der Waals surface area contributed by atoms with Crippen LogP contribution in [0.4, 0.5) is 11.5 Å². The Kier molecular flexibility index (Phi) is 4.76. The minimum Gasteiger partial charge on any atom is -0.399 e. The average Bonchev–Trinajstić information content (AvgIpc) is 2.86. The van der Waals surface area contributed by atoms with E-state index in [0.29, 0.717) is 18.7 Å². The molecule has 4 N–H and O–H groups in total. The number of nitrogens with one attached hydrogen (secondary N) is 2. The third-order valence-corrected chi connectivity index (χ3v) is 3.04. The number of hydrogen-bond acceptors (Lipinski definition) is 3. The molecule has 0 atom stereocenters. The summed E-state index contributed by atoms with van der Waals surface area (Å²) >= 11 is 0. The van der Waals surface area contributed by atoms with Crippen molar-refractivity contribution in [1.82, 2.24) is 10.2 Å². The van der Waals surface area contributed by atoms with Crippen LogP contribution in [0.25, 0.3) is 0 Å². The zero-order valence-electron chi connectivity index (χ0n) is 11.6. The average molecular weight is 272 g/mol. The fourth-order valence-electron chi connectivity index (χ4n) is 1.97. The van der Waals surface area contributed by atoms with Gasteiger partial charge in [-0.2, -0.15) is 5.10 Å². The smallest absolute Gasteiger partial charge is 0.225 e. The molecule has 0 unspecified atom stereocenters. The van der Waals surface area contributed by atoms with Crippen LogP contribution in [0.15, 0.2) is 30.3 Å². The summed E-state index contributed by atoms with van der Waals surface area (Å²) in [6.07, 6.45) is 3.11. The van der Waals surface area contributed by atoms with E-state index >= 15 is 0 Å². The lowest BCUT2D eigenvalue weighted by Gasteiger charge is -2.02. The van der Waals surface area contributed by atoms with E-state index in [1.807, 2.05) is 30.3 Å². The van der Waals surface area contributed by atoms with Crippen LogP contribution in [0.3, 0.4) is 0 Å². The molecule has 0 fully saturated rings. The van der Waals surface area contributed by atoms with Crippen LogP contribution < -0.4 is 11.1 Å². The molecule has 5 nitrogen and oxygen atoms in total. The van der Waals surface area contributed by atoms with Crippen molar-refractivity contribution in [3.63, 3.8) is 0 Å². The number of amides is 1. The van der Waals surface area contributed by atoms with Gasteiger partial charge >= 0.3 is 0 Å². The maximum absolute atomic E-state index is 11.8. The Morgan fingerprint density at radius 1 is 1.30 bits per heavy atom.